The van der Waals surface area contributed by atoms with E-state index < -0.39 is 5.54 Å². The fourth-order valence-electron chi connectivity index (χ4n) is 3.04. The first kappa shape index (κ1) is 21.4. The van der Waals surface area contributed by atoms with Crippen molar-refractivity contribution >= 4 is 17.7 Å². The van der Waals surface area contributed by atoms with Crippen LogP contribution in [0.4, 0.5) is 0 Å². The van der Waals surface area contributed by atoms with Gasteiger partial charge in [0.25, 0.3) is 0 Å². The SMILES string of the molecule is CC(=O)NC(C)(CCc1ccc(-c2ccc(C(C)=O)cc2)cc1)COC(C)=O. The molecule has 5 nitrogen and oxygen atoms in total. The summed E-state index contributed by atoms with van der Waals surface area (Å²) < 4.78 is 5.12. The van der Waals surface area contributed by atoms with Gasteiger partial charge in [-0.1, -0.05) is 48.5 Å². The molecule has 0 aromatic heterocycles. The predicted molar refractivity (Wildman–Crippen MR) is 109 cm³/mol. The Morgan fingerprint density at radius 2 is 1.43 bits per heavy atom. The molecule has 0 saturated heterocycles. The van der Waals surface area contributed by atoms with Gasteiger partial charge in [-0.25, -0.2) is 0 Å². The molecule has 2 aromatic rings. The van der Waals surface area contributed by atoms with Crippen LogP contribution in [0.3, 0.4) is 0 Å². The van der Waals surface area contributed by atoms with E-state index in [0.717, 1.165) is 23.1 Å². The van der Waals surface area contributed by atoms with Crippen LogP contribution in [0, 0.1) is 0 Å². The zero-order chi connectivity index (χ0) is 20.7. The number of amides is 1. The molecule has 148 valence electrons. The zero-order valence-electron chi connectivity index (χ0n) is 16.9. The molecule has 5 heteroatoms. The molecule has 1 atom stereocenters. The molecular weight excluding hydrogens is 354 g/mol. The van der Waals surface area contributed by atoms with Crippen LogP contribution in [0.2, 0.25) is 0 Å². The van der Waals surface area contributed by atoms with Gasteiger partial charge in [0.15, 0.2) is 5.78 Å². The Bertz CT molecular complexity index is 840. The monoisotopic (exact) mass is 381 g/mol. The highest BCUT2D eigenvalue weighted by molar-refractivity contribution is 5.94. The molecule has 0 heterocycles. The van der Waals surface area contributed by atoms with Crippen molar-refractivity contribution in [2.45, 2.75) is 46.1 Å². The van der Waals surface area contributed by atoms with Gasteiger partial charge in [-0.05, 0) is 43.4 Å². The second-order valence-electron chi connectivity index (χ2n) is 7.35. The summed E-state index contributed by atoms with van der Waals surface area (Å²) in [6.45, 7) is 6.39. The van der Waals surface area contributed by atoms with Crippen LogP contribution in [0.5, 0.6) is 0 Å². The predicted octanol–water partition coefficient (Wildman–Crippen LogP) is 3.95. The number of ketones is 1. The van der Waals surface area contributed by atoms with Crippen molar-refractivity contribution in [2.24, 2.45) is 0 Å². The molecule has 1 N–H and O–H groups in total. The van der Waals surface area contributed by atoms with Crippen LogP contribution in [0.15, 0.2) is 48.5 Å². The first-order valence-corrected chi connectivity index (χ1v) is 9.31. The van der Waals surface area contributed by atoms with Crippen LogP contribution in [0.1, 0.15) is 50.0 Å². The normalized spacial score (nSPS) is 12.7. The topological polar surface area (TPSA) is 72.5 Å². The van der Waals surface area contributed by atoms with Gasteiger partial charge in [0, 0.05) is 19.4 Å². The molecule has 0 aliphatic heterocycles. The average molecular weight is 381 g/mol. The maximum absolute atomic E-state index is 11.5. The van der Waals surface area contributed by atoms with E-state index in [1.54, 1.807) is 6.92 Å². The van der Waals surface area contributed by atoms with Crippen molar-refractivity contribution in [3.8, 4) is 11.1 Å². The Balaban J connectivity index is 2.04. The third-order valence-electron chi connectivity index (χ3n) is 4.62. The molecule has 2 rings (SSSR count). The van der Waals surface area contributed by atoms with E-state index in [2.05, 4.69) is 5.32 Å². The minimum absolute atomic E-state index is 0.0536. The fraction of sp³-hybridized carbons (Fsp3) is 0.348. The highest BCUT2D eigenvalue weighted by Gasteiger charge is 2.26. The molecule has 1 amide bonds. The summed E-state index contributed by atoms with van der Waals surface area (Å²) in [5.74, 6) is -0.464. The fourth-order valence-corrected chi connectivity index (χ4v) is 3.04. The van der Waals surface area contributed by atoms with Gasteiger partial charge in [-0.15, -0.1) is 0 Å². The van der Waals surface area contributed by atoms with Crippen molar-refractivity contribution in [3.63, 3.8) is 0 Å². The largest absolute Gasteiger partial charge is 0.463 e. The average Bonchev–Trinajstić information content (AvgIpc) is 2.65. The van der Waals surface area contributed by atoms with Gasteiger partial charge < -0.3 is 10.1 Å². The maximum Gasteiger partial charge on any atom is 0.302 e. The summed E-state index contributed by atoms with van der Waals surface area (Å²) >= 11 is 0. The summed E-state index contributed by atoms with van der Waals surface area (Å²) in [5.41, 5.74) is 3.34. The van der Waals surface area contributed by atoms with E-state index in [-0.39, 0.29) is 24.3 Å². The standard InChI is InChI=1S/C23H27NO4/c1-16(25)20-9-11-22(12-10-20)21-7-5-19(6-8-21)13-14-23(4,24-17(2)26)15-28-18(3)27/h5-12H,13-15H2,1-4H3,(H,24,26). The molecule has 28 heavy (non-hydrogen) atoms. The van der Waals surface area contributed by atoms with Crippen LogP contribution in [-0.4, -0.2) is 29.8 Å². The van der Waals surface area contributed by atoms with Crippen molar-refractivity contribution in [3.05, 3.63) is 59.7 Å². The molecule has 0 radical (unpaired) electrons. The lowest BCUT2D eigenvalue weighted by molar-refractivity contribution is -0.144. The summed E-state index contributed by atoms with van der Waals surface area (Å²) in [6, 6.07) is 15.7. The highest BCUT2D eigenvalue weighted by atomic mass is 16.5. The van der Waals surface area contributed by atoms with Gasteiger partial charge >= 0.3 is 5.97 Å². The minimum atomic E-state index is -0.612. The number of benzene rings is 2. The van der Waals surface area contributed by atoms with Crippen LogP contribution in [-0.2, 0) is 20.7 Å². The Morgan fingerprint density at radius 3 is 1.89 bits per heavy atom. The van der Waals surface area contributed by atoms with Gasteiger partial charge in [0.05, 0.1) is 5.54 Å². The molecule has 2 aromatic carbocycles. The molecular formula is C23H27NO4. The number of ether oxygens (including phenoxy) is 1. The Labute approximate surface area is 166 Å². The smallest absolute Gasteiger partial charge is 0.302 e. The van der Waals surface area contributed by atoms with Crippen LogP contribution < -0.4 is 5.32 Å². The number of carbonyl (C=O) groups excluding carboxylic acids is 3. The van der Waals surface area contributed by atoms with Crippen molar-refractivity contribution in [1.29, 1.82) is 0 Å². The molecule has 0 fully saturated rings. The number of aryl methyl sites for hydroxylation is 1. The van der Waals surface area contributed by atoms with Gasteiger partial charge in [-0.2, -0.15) is 0 Å². The third-order valence-corrected chi connectivity index (χ3v) is 4.62. The van der Waals surface area contributed by atoms with Crippen molar-refractivity contribution in [1.82, 2.24) is 5.32 Å². The lowest BCUT2D eigenvalue weighted by Gasteiger charge is -2.30. The number of esters is 1. The summed E-state index contributed by atoms with van der Waals surface area (Å²) in [5, 5.41) is 2.89. The van der Waals surface area contributed by atoms with Crippen LogP contribution >= 0.6 is 0 Å². The summed E-state index contributed by atoms with van der Waals surface area (Å²) in [7, 11) is 0. The van der Waals surface area contributed by atoms with E-state index in [9.17, 15) is 14.4 Å². The third kappa shape index (κ3) is 6.34. The molecule has 1 unspecified atom stereocenters. The number of Topliss-reactive ketones (excluding diaryl/α,β-unsaturated/α-hetero) is 1. The zero-order valence-corrected chi connectivity index (χ0v) is 16.9. The van der Waals surface area contributed by atoms with E-state index in [0.29, 0.717) is 12.0 Å². The quantitative estimate of drug-likeness (QED) is 0.555. The number of nitrogens with one attached hydrogen (secondary N) is 1. The maximum atomic E-state index is 11.5. The van der Waals surface area contributed by atoms with Crippen LogP contribution in [0.25, 0.3) is 11.1 Å². The highest BCUT2D eigenvalue weighted by Crippen LogP contribution is 2.22. The molecule has 0 saturated carbocycles. The second-order valence-corrected chi connectivity index (χ2v) is 7.35. The molecule has 0 aliphatic rings. The van der Waals surface area contributed by atoms with E-state index in [1.807, 2.05) is 55.5 Å². The van der Waals surface area contributed by atoms with E-state index in [4.69, 9.17) is 4.74 Å². The van der Waals surface area contributed by atoms with E-state index in [1.165, 1.54) is 13.8 Å². The summed E-state index contributed by atoms with van der Waals surface area (Å²) in [6.07, 6.45) is 1.38. The lowest BCUT2D eigenvalue weighted by Crippen LogP contribution is -2.49. The Morgan fingerprint density at radius 1 is 0.893 bits per heavy atom. The summed E-state index contributed by atoms with van der Waals surface area (Å²) in [4.78, 5) is 34.0. The molecule has 0 bridgehead atoms. The lowest BCUT2D eigenvalue weighted by atomic mass is 9.93. The van der Waals surface area contributed by atoms with E-state index >= 15 is 0 Å². The minimum Gasteiger partial charge on any atom is -0.463 e. The van der Waals surface area contributed by atoms with Crippen molar-refractivity contribution < 1.29 is 19.1 Å². The van der Waals surface area contributed by atoms with Gasteiger partial charge in [0.1, 0.15) is 6.61 Å². The van der Waals surface area contributed by atoms with Gasteiger partial charge in [-0.3, -0.25) is 14.4 Å². The number of rotatable bonds is 8. The number of hydrogen-bond acceptors (Lipinski definition) is 4. The molecule has 0 spiro atoms. The molecule has 0 aliphatic carbocycles. The van der Waals surface area contributed by atoms with Crippen molar-refractivity contribution in [2.75, 3.05) is 6.61 Å². The first-order valence-electron chi connectivity index (χ1n) is 9.31. The Kier molecular flexibility index (Phi) is 7.10. The number of carbonyl (C=O) groups is 3. The number of hydrogen-bond donors (Lipinski definition) is 1. The van der Waals surface area contributed by atoms with Gasteiger partial charge in [0.2, 0.25) is 5.91 Å². The Hall–Kier alpha value is -2.95. The first-order chi connectivity index (χ1) is 13.2. The second kappa shape index (κ2) is 9.31.